The first-order valence-corrected chi connectivity index (χ1v) is 8.14. The minimum Gasteiger partial charge on any atom is -0.472 e. The first-order chi connectivity index (χ1) is 12.1. The first-order valence-electron chi connectivity index (χ1n) is 8.14. The average Bonchev–Trinajstić information content (AvgIpc) is 3.23. The van der Waals surface area contributed by atoms with Crippen molar-refractivity contribution in [3.63, 3.8) is 0 Å². The summed E-state index contributed by atoms with van der Waals surface area (Å²) in [7, 11) is 0. The van der Waals surface area contributed by atoms with E-state index in [9.17, 15) is 4.79 Å². The summed E-state index contributed by atoms with van der Waals surface area (Å²) in [5, 5.41) is 15.5. The minimum atomic E-state index is -0.195. The summed E-state index contributed by atoms with van der Waals surface area (Å²) < 4.78 is 11.0. The molecule has 8 heteroatoms. The molecule has 1 aliphatic heterocycles. The second-order valence-electron chi connectivity index (χ2n) is 5.82. The molecule has 1 saturated heterocycles. The van der Waals surface area contributed by atoms with Crippen molar-refractivity contribution >= 4 is 11.7 Å². The third kappa shape index (κ3) is 3.71. The van der Waals surface area contributed by atoms with Gasteiger partial charge in [-0.2, -0.15) is 5.26 Å². The number of hydrogen-bond donors (Lipinski definition) is 1. The van der Waals surface area contributed by atoms with Crippen LogP contribution in [0.15, 0.2) is 22.9 Å². The summed E-state index contributed by atoms with van der Waals surface area (Å²) in [6.07, 6.45) is 2.72. The fourth-order valence-electron chi connectivity index (χ4n) is 2.70. The van der Waals surface area contributed by atoms with Crippen molar-refractivity contribution in [2.24, 2.45) is 0 Å². The lowest BCUT2D eigenvalue weighted by atomic mass is 10.2. The molecule has 3 heterocycles. The van der Waals surface area contributed by atoms with E-state index in [1.807, 2.05) is 13.0 Å². The molecule has 0 aromatic carbocycles. The van der Waals surface area contributed by atoms with E-state index >= 15 is 0 Å². The fourth-order valence-corrected chi connectivity index (χ4v) is 2.70. The molecule has 2 aromatic heterocycles. The topological polar surface area (TPSA) is 104 Å². The number of nitriles is 1. The molecule has 1 aliphatic rings. The number of amides is 2. The minimum absolute atomic E-state index is 0.125. The lowest BCUT2D eigenvalue weighted by Gasteiger charge is -2.17. The smallest absolute Gasteiger partial charge is 0.322 e. The van der Waals surface area contributed by atoms with Crippen molar-refractivity contribution in [2.75, 3.05) is 18.4 Å². The van der Waals surface area contributed by atoms with Crippen LogP contribution in [-0.2, 0) is 6.42 Å². The van der Waals surface area contributed by atoms with Crippen molar-refractivity contribution in [2.45, 2.75) is 32.8 Å². The normalized spacial score (nSPS) is 16.5. The highest BCUT2D eigenvalue weighted by molar-refractivity contribution is 5.90. The number of hydrogen-bond acceptors (Lipinski definition) is 6. The molecule has 1 fully saturated rings. The van der Waals surface area contributed by atoms with E-state index in [2.05, 4.69) is 15.5 Å². The number of ether oxygens (including phenoxy) is 1. The number of likely N-dealkylation sites (tertiary alicyclic amines) is 1. The van der Waals surface area contributed by atoms with Gasteiger partial charge in [0, 0.05) is 31.6 Å². The van der Waals surface area contributed by atoms with Crippen molar-refractivity contribution in [3.8, 4) is 11.9 Å². The van der Waals surface area contributed by atoms with E-state index in [1.165, 1.54) is 6.20 Å². The van der Waals surface area contributed by atoms with Crippen molar-refractivity contribution in [3.05, 3.63) is 35.3 Å². The molecule has 0 saturated carbocycles. The van der Waals surface area contributed by atoms with Crippen LogP contribution in [0.2, 0.25) is 0 Å². The van der Waals surface area contributed by atoms with E-state index in [1.54, 1.807) is 24.0 Å². The maximum atomic E-state index is 12.5. The van der Waals surface area contributed by atoms with Gasteiger partial charge in [0.1, 0.15) is 23.6 Å². The molecule has 2 aromatic rings. The van der Waals surface area contributed by atoms with Gasteiger partial charge in [-0.15, -0.1) is 0 Å². The highest BCUT2D eigenvalue weighted by atomic mass is 16.5. The van der Waals surface area contributed by atoms with Crippen LogP contribution in [0.4, 0.5) is 10.5 Å². The van der Waals surface area contributed by atoms with E-state index in [0.717, 1.165) is 6.42 Å². The molecule has 0 bridgehead atoms. The van der Waals surface area contributed by atoms with E-state index < -0.39 is 0 Å². The number of rotatable bonds is 4. The van der Waals surface area contributed by atoms with Crippen LogP contribution in [0.25, 0.3) is 0 Å². The Kier molecular flexibility index (Phi) is 4.84. The van der Waals surface area contributed by atoms with Crippen LogP contribution in [0, 0.1) is 18.3 Å². The third-order valence-electron chi connectivity index (χ3n) is 4.07. The number of nitrogens with one attached hydrogen (secondary N) is 1. The number of pyridine rings is 1. The Bertz CT molecular complexity index is 794. The quantitative estimate of drug-likeness (QED) is 0.916. The van der Waals surface area contributed by atoms with Crippen LogP contribution < -0.4 is 10.1 Å². The molecular formula is C17H19N5O3. The SMILES string of the molecule is CCc1onc(C)c1NC(=O)N1CCC(Oc2ccc(C#N)cn2)C1. The number of aromatic nitrogens is 2. The standard InChI is InChI=1S/C17H19N5O3/c1-3-14-16(11(2)21-25-14)20-17(23)22-7-6-13(10-22)24-15-5-4-12(8-18)9-19-15/h4-5,9,13H,3,6-7,10H2,1-2H3,(H,20,23). The Hall–Kier alpha value is -3.08. The van der Waals surface area contributed by atoms with Crippen LogP contribution in [0.3, 0.4) is 0 Å². The summed E-state index contributed by atoms with van der Waals surface area (Å²) in [6, 6.07) is 5.14. The largest absolute Gasteiger partial charge is 0.472 e. The Morgan fingerprint density at radius 2 is 2.40 bits per heavy atom. The summed E-state index contributed by atoms with van der Waals surface area (Å²) in [5.41, 5.74) is 1.79. The lowest BCUT2D eigenvalue weighted by molar-refractivity contribution is 0.190. The Balaban J connectivity index is 1.57. The molecule has 1 N–H and O–H groups in total. The number of anilines is 1. The molecular weight excluding hydrogens is 322 g/mol. The van der Waals surface area contributed by atoms with Crippen LogP contribution in [0.1, 0.15) is 30.4 Å². The number of nitrogens with zero attached hydrogens (tertiary/aromatic N) is 4. The predicted molar refractivity (Wildman–Crippen MR) is 89.2 cm³/mol. The zero-order valence-electron chi connectivity index (χ0n) is 14.2. The molecule has 0 spiro atoms. The van der Waals surface area contributed by atoms with Crippen molar-refractivity contribution in [1.82, 2.24) is 15.0 Å². The number of carbonyl (C=O) groups excluding carboxylic acids is 1. The van der Waals surface area contributed by atoms with Gasteiger partial charge in [0.25, 0.3) is 0 Å². The van der Waals surface area contributed by atoms with Gasteiger partial charge in [-0.1, -0.05) is 12.1 Å². The maximum Gasteiger partial charge on any atom is 0.322 e. The molecule has 8 nitrogen and oxygen atoms in total. The monoisotopic (exact) mass is 341 g/mol. The van der Waals surface area contributed by atoms with Crippen molar-refractivity contribution in [1.29, 1.82) is 5.26 Å². The fraction of sp³-hybridized carbons (Fsp3) is 0.412. The highest BCUT2D eigenvalue weighted by Crippen LogP contribution is 2.22. The van der Waals surface area contributed by atoms with Gasteiger partial charge >= 0.3 is 6.03 Å². The van der Waals surface area contributed by atoms with Crippen LogP contribution in [0.5, 0.6) is 5.88 Å². The van der Waals surface area contributed by atoms with Gasteiger partial charge < -0.3 is 19.5 Å². The predicted octanol–water partition coefficient (Wildman–Crippen LogP) is 2.50. The van der Waals surface area contributed by atoms with Crippen molar-refractivity contribution < 1.29 is 14.1 Å². The Labute approximate surface area is 145 Å². The first kappa shape index (κ1) is 16.8. The number of carbonyl (C=O) groups is 1. The molecule has 1 atom stereocenters. The van der Waals surface area contributed by atoms with E-state index in [4.69, 9.17) is 14.5 Å². The van der Waals surface area contributed by atoms with Gasteiger partial charge in [-0.05, 0) is 13.0 Å². The second-order valence-corrected chi connectivity index (χ2v) is 5.82. The summed E-state index contributed by atoms with van der Waals surface area (Å²) in [6.45, 7) is 4.81. The highest BCUT2D eigenvalue weighted by Gasteiger charge is 2.29. The molecule has 1 unspecified atom stereocenters. The average molecular weight is 341 g/mol. The Morgan fingerprint density at radius 3 is 3.08 bits per heavy atom. The van der Waals surface area contributed by atoms with Crippen LogP contribution in [-0.4, -0.2) is 40.3 Å². The maximum absolute atomic E-state index is 12.5. The third-order valence-corrected chi connectivity index (χ3v) is 4.07. The molecule has 0 aliphatic carbocycles. The van der Waals surface area contributed by atoms with Gasteiger partial charge in [-0.3, -0.25) is 0 Å². The van der Waals surface area contributed by atoms with Gasteiger partial charge in [0.05, 0.1) is 12.1 Å². The molecule has 25 heavy (non-hydrogen) atoms. The molecule has 0 radical (unpaired) electrons. The van der Waals surface area contributed by atoms with E-state index in [-0.39, 0.29) is 12.1 Å². The summed E-state index contributed by atoms with van der Waals surface area (Å²) in [5.74, 6) is 1.12. The molecule has 130 valence electrons. The second kappa shape index (κ2) is 7.21. The van der Waals surface area contributed by atoms with E-state index in [0.29, 0.717) is 48.1 Å². The van der Waals surface area contributed by atoms with Gasteiger partial charge in [0.15, 0.2) is 5.76 Å². The number of urea groups is 1. The zero-order valence-corrected chi connectivity index (χ0v) is 14.2. The molecule has 3 rings (SSSR count). The molecule has 2 amide bonds. The van der Waals surface area contributed by atoms with Gasteiger partial charge in [-0.25, -0.2) is 9.78 Å². The Morgan fingerprint density at radius 1 is 1.56 bits per heavy atom. The number of aryl methyl sites for hydroxylation is 2. The lowest BCUT2D eigenvalue weighted by Crippen LogP contribution is -2.34. The van der Waals surface area contributed by atoms with Crippen LogP contribution >= 0.6 is 0 Å². The van der Waals surface area contributed by atoms with Gasteiger partial charge in [0.2, 0.25) is 5.88 Å². The summed E-state index contributed by atoms with van der Waals surface area (Å²) >= 11 is 0. The zero-order chi connectivity index (χ0) is 17.8. The summed E-state index contributed by atoms with van der Waals surface area (Å²) in [4.78, 5) is 18.2.